The summed E-state index contributed by atoms with van der Waals surface area (Å²) < 4.78 is 9.39. The lowest BCUT2D eigenvalue weighted by Gasteiger charge is -2.15. The van der Waals surface area contributed by atoms with E-state index in [-0.39, 0.29) is 25.5 Å². The van der Waals surface area contributed by atoms with Crippen molar-refractivity contribution < 1.29 is 23.9 Å². The lowest BCUT2D eigenvalue weighted by Crippen LogP contribution is -2.48. The van der Waals surface area contributed by atoms with Crippen LogP contribution in [0.25, 0.3) is 0 Å². The van der Waals surface area contributed by atoms with Gasteiger partial charge in [-0.15, -0.1) is 0 Å². The van der Waals surface area contributed by atoms with Crippen molar-refractivity contribution >= 4 is 17.8 Å². The summed E-state index contributed by atoms with van der Waals surface area (Å²) >= 11 is 0. The average molecular weight is 245 g/mol. The maximum atomic E-state index is 11.5. The van der Waals surface area contributed by atoms with Gasteiger partial charge in [-0.3, -0.25) is 4.79 Å². The Labute approximate surface area is 101 Å². The SMILES string of the molecule is CCCC(=O)NC(C(=O)OCC)C(=O)OCC. The summed E-state index contributed by atoms with van der Waals surface area (Å²) in [6.07, 6.45) is 0.875. The largest absolute Gasteiger partial charge is 0.464 e. The van der Waals surface area contributed by atoms with E-state index in [1.165, 1.54) is 0 Å². The number of hydrogen-bond donors (Lipinski definition) is 1. The van der Waals surface area contributed by atoms with Crippen LogP contribution in [0.5, 0.6) is 0 Å². The molecule has 1 amide bonds. The van der Waals surface area contributed by atoms with Gasteiger partial charge in [-0.2, -0.15) is 0 Å². The van der Waals surface area contributed by atoms with E-state index in [2.05, 4.69) is 5.32 Å². The van der Waals surface area contributed by atoms with Crippen LogP contribution in [0.2, 0.25) is 0 Å². The number of esters is 2. The van der Waals surface area contributed by atoms with Gasteiger partial charge in [0.05, 0.1) is 13.2 Å². The maximum Gasteiger partial charge on any atom is 0.340 e. The number of nitrogens with one attached hydrogen (secondary N) is 1. The molecule has 17 heavy (non-hydrogen) atoms. The third-order valence-corrected chi connectivity index (χ3v) is 1.83. The second kappa shape index (κ2) is 8.55. The molecule has 0 spiro atoms. The third kappa shape index (κ3) is 5.89. The first-order valence-corrected chi connectivity index (χ1v) is 5.69. The molecule has 0 rings (SSSR count). The third-order valence-electron chi connectivity index (χ3n) is 1.83. The van der Waals surface area contributed by atoms with Crippen molar-refractivity contribution in [1.82, 2.24) is 5.32 Å². The fourth-order valence-corrected chi connectivity index (χ4v) is 1.13. The van der Waals surface area contributed by atoms with Gasteiger partial charge in [0.15, 0.2) is 0 Å². The van der Waals surface area contributed by atoms with E-state index >= 15 is 0 Å². The molecule has 0 aliphatic carbocycles. The number of amides is 1. The first kappa shape index (κ1) is 15.4. The van der Waals surface area contributed by atoms with E-state index in [1.54, 1.807) is 13.8 Å². The van der Waals surface area contributed by atoms with Gasteiger partial charge in [0, 0.05) is 6.42 Å². The molecular formula is C11H19NO5. The Bertz CT molecular complexity index is 259. The quantitative estimate of drug-likeness (QED) is 0.518. The molecule has 0 aromatic heterocycles. The van der Waals surface area contributed by atoms with Crippen molar-refractivity contribution in [2.24, 2.45) is 0 Å². The lowest BCUT2D eigenvalue weighted by atomic mass is 10.2. The first-order valence-electron chi connectivity index (χ1n) is 5.69. The Morgan fingerprint density at radius 2 is 1.47 bits per heavy atom. The Morgan fingerprint density at radius 3 is 1.82 bits per heavy atom. The van der Waals surface area contributed by atoms with Gasteiger partial charge >= 0.3 is 11.9 Å². The monoisotopic (exact) mass is 245 g/mol. The predicted octanol–water partition coefficient (Wildman–Crippen LogP) is 0.397. The molecule has 0 saturated heterocycles. The Hall–Kier alpha value is -1.59. The van der Waals surface area contributed by atoms with E-state index in [0.29, 0.717) is 6.42 Å². The van der Waals surface area contributed by atoms with Crippen LogP contribution < -0.4 is 5.32 Å². The minimum absolute atomic E-state index is 0.137. The van der Waals surface area contributed by atoms with Crippen molar-refractivity contribution in [3.8, 4) is 0 Å². The summed E-state index contributed by atoms with van der Waals surface area (Å²) in [5.74, 6) is -1.97. The van der Waals surface area contributed by atoms with Gasteiger partial charge in [-0.05, 0) is 20.3 Å². The van der Waals surface area contributed by atoms with Crippen LogP contribution >= 0.6 is 0 Å². The minimum Gasteiger partial charge on any atom is -0.464 e. The molecule has 0 bridgehead atoms. The topological polar surface area (TPSA) is 81.7 Å². The van der Waals surface area contributed by atoms with Crippen LogP contribution in [0.3, 0.4) is 0 Å². The molecule has 0 fully saturated rings. The zero-order valence-corrected chi connectivity index (χ0v) is 10.4. The molecule has 0 aromatic rings. The van der Waals surface area contributed by atoms with Crippen molar-refractivity contribution in [3.63, 3.8) is 0 Å². The number of rotatable bonds is 7. The predicted molar refractivity (Wildman–Crippen MR) is 60.1 cm³/mol. The zero-order valence-electron chi connectivity index (χ0n) is 10.4. The molecule has 0 heterocycles. The summed E-state index contributed by atoms with van der Waals surface area (Å²) in [6.45, 7) is 5.34. The molecule has 1 N–H and O–H groups in total. The van der Waals surface area contributed by atoms with Gasteiger partial charge < -0.3 is 14.8 Å². The molecule has 0 unspecified atom stereocenters. The van der Waals surface area contributed by atoms with Crippen molar-refractivity contribution in [2.75, 3.05) is 13.2 Å². The van der Waals surface area contributed by atoms with Crippen molar-refractivity contribution in [3.05, 3.63) is 0 Å². The highest BCUT2D eigenvalue weighted by Gasteiger charge is 2.30. The number of ether oxygens (including phenoxy) is 2. The molecule has 0 aliphatic rings. The molecule has 6 nitrogen and oxygen atoms in total. The van der Waals surface area contributed by atoms with Gasteiger partial charge in [-0.25, -0.2) is 9.59 Å². The van der Waals surface area contributed by atoms with Crippen molar-refractivity contribution in [1.29, 1.82) is 0 Å². The van der Waals surface area contributed by atoms with Crippen LogP contribution in [0.1, 0.15) is 33.6 Å². The van der Waals surface area contributed by atoms with E-state index in [4.69, 9.17) is 9.47 Å². The summed E-state index contributed by atoms with van der Waals surface area (Å²) in [4.78, 5) is 34.3. The summed E-state index contributed by atoms with van der Waals surface area (Å²) in [6, 6.07) is -1.37. The first-order chi connectivity index (χ1) is 8.06. The van der Waals surface area contributed by atoms with E-state index in [0.717, 1.165) is 0 Å². The molecule has 0 aliphatic heterocycles. The number of carbonyl (C=O) groups is 3. The highest BCUT2D eigenvalue weighted by atomic mass is 16.6. The van der Waals surface area contributed by atoms with Crippen LogP contribution in [0, 0.1) is 0 Å². The van der Waals surface area contributed by atoms with E-state index < -0.39 is 18.0 Å². The van der Waals surface area contributed by atoms with E-state index in [9.17, 15) is 14.4 Å². The second-order valence-electron chi connectivity index (χ2n) is 3.25. The zero-order chi connectivity index (χ0) is 13.3. The summed E-state index contributed by atoms with van der Waals surface area (Å²) in [7, 11) is 0. The van der Waals surface area contributed by atoms with Gasteiger partial charge in [0.1, 0.15) is 0 Å². The average Bonchev–Trinajstić information content (AvgIpc) is 2.26. The fourth-order valence-electron chi connectivity index (χ4n) is 1.13. The maximum absolute atomic E-state index is 11.5. The lowest BCUT2D eigenvalue weighted by molar-refractivity contribution is -0.159. The minimum atomic E-state index is -1.37. The standard InChI is InChI=1S/C11H19NO5/c1-4-7-8(13)12-9(10(14)16-5-2)11(15)17-6-3/h9H,4-7H2,1-3H3,(H,12,13). The van der Waals surface area contributed by atoms with Gasteiger partial charge in [0.2, 0.25) is 11.9 Å². The molecule has 0 saturated carbocycles. The van der Waals surface area contributed by atoms with Gasteiger partial charge in [-0.1, -0.05) is 6.92 Å². The molecule has 0 aromatic carbocycles. The molecular weight excluding hydrogens is 226 g/mol. The molecule has 6 heteroatoms. The van der Waals surface area contributed by atoms with Crippen LogP contribution in [0.4, 0.5) is 0 Å². The second-order valence-corrected chi connectivity index (χ2v) is 3.25. The van der Waals surface area contributed by atoms with Crippen LogP contribution in [-0.4, -0.2) is 37.1 Å². The number of hydrogen-bond acceptors (Lipinski definition) is 5. The normalized spacial score (nSPS) is 9.88. The smallest absolute Gasteiger partial charge is 0.340 e. The highest BCUT2D eigenvalue weighted by Crippen LogP contribution is 1.96. The van der Waals surface area contributed by atoms with Crippen molar-refractivity contribution in [2.45, 2.75) is 39.7 Å². The number of carbonyl (C=O) groups excluding carboxylic acids is 3. The Balaban J connectivity index is 4.55. The summed E-state index contributed by atoms with van der Waals surface area (Å²) in [5, 5.41) is 2.30. The fraction of sp³-hybridized carbons (Fsp3) is 0.727. The molecule has 98 valence electrons. The molecule has 0 atom stereocenters. The summed E-state index contributed by atoms with van der Waals surface area (Å²) in [5.41, 5.74) is 0. The van der Waals surface area contributed by atoms with E-state index in [1.807, 2.05) is 6.92 Å². The Morgan fingerprint density at radius 1 is 1.00 bits per heavy atom. The Kier molecular flexibility index (Phi) is 7.75. The van der Waals surface area contributed by atoms with Crippen LogP contribution in [0.15, 0.2) is 0 Å². The van der Waals surface area contributed by atoms with Gasteiger partial charge in [0.25, 0.3) is 0 Å². The highest BCUT2D eigenvalue weighted by molar-refractivity contribution is 6.02. The van der Waals surface area contributed by atoms with Crippen LogP contribution in [-0.2, 0) is 23.9 Å². The molecule has 0 radical (unpaired) electrons.